The molecule has 2 atom stereocenters. The van der Waals surface area contributed by atoms with Gasteiger partial charge in [-0.15, -0.1) is 0 Å². The second-order valence-corrected chi connectivity index (χ2v) is 4.33. The van der Waals surface area contributed by atoms with Gasteiger partial charge < -0.3 is 19.9 Å². The van der Waals surface area contributed by atoms with E-state index >= 15 is 0 Å². The van der Waals surface area contributed by atoms with Crippen molar-refractivity contribution >= 4 is 11.6 Å². The number of pyridine rings is 1. The standard InChI is InChI=1S/C12H17N3O3/c1-8-10(13-5-7-18-8)11(16)14-9-4-3-6-15(2)12(9)17/h3-4,6,8,10,13H,5,7H2,1-2H3,(H,14,16)/t8-,10+/m1/s1. The van der Waals surface area contributed by atoms with E-state index in [9.17, 15) is 9.59 Å². The van der Waals surface area contributed by atoms with Crippen molar-refractivity contribution in [2.45, 2.75) is 19.1 Å². The van der Waals surface area contributed by atoms with Gasteiger partial charge in [-0.25, -0.2) is 0 Å². The highest BCUT2D eigenvalue weighted by Crippen LogP contribution is 2.07. The molecular formula is C12H17N3O3. The van der Waals surface area contributed by atoms with Gasteiger partial charge in [0.25, 0.3) is 5.56 Å². The van der Waals surface area contributed by atoms with E-state index in [-0.39, 0.29) is 23.3 Å². The van der Waals surface area contributed by atoms with Crippen molar-refractivity contribution in [2.24, 2.45) is 7.05 Å². The molecule has 0 radical (unpaired) electrons. The number of anilines is 1. The number of aromatic nitrogens is 1. The van der Waals surface area contributed by atoms with Crippen LogP contribution in [0.15, 0.2) is 23.1 Å². The molecule has 2 rings (SSSR count). The van der Waals surface area contributed by atoms with E-state index in [1.165, 1.54) is 4.57 Å². The van der Waals surface area contributed by atoms with Crippen LogP contribution in [0.1, 0.15) is 6.92 Å². The Labute approximate surface area is 105 Å². The fraction of sp³-hybridized carbons (Fsp3) is 0.500. The SMILES string of the molecule is C[C@H]1OCCN[C@@H]1C(=O)Nc1cccn(C)c1=O. The van der Waals surface area contributed by atoms with Gasteiger partial charge in [0.05, 0.1) is 12.7 Å². The minimum absolute atomic E-state index is 0.202. The molecule has 0 aliphatic carbocycles. The number of morpholine rings is 1. The third-order valence-electron chi connectivity index (χ3n) is 2.98. The number of hydrogen-bond donors (Lipinski definition) is 2. The first-order valence-electron chi connectivity index (χ1n) is 5.91. The van der Waals surface area contributed by atoms with E-state index in [1.807, 2.05) is 6.92 Å². The summed E-state index contributed by atoms with van der Waals surface area (Å²) in [6.07, 6.45) is 1.44. The molecule has 0 saturated carbocycles. The Morgan fingerprint density at radius 2 is 2.39 bits per heavy atom. The summed E-state index contributed by atoms with van der Waals surface area (Å²) >= 11 is 0. The fourth-order valence-electron chi connectivity index (χ4n) is 1.93. The Bertz CT molecular complexity index is 498. The Hall–Kier alpha value is -1.66. The van der Waals surface area contributed by atoms with E-state index < -0.39 is 6.04 Å². The monoisotopic (exact) mass is 251 g/mol. The first-order valence-corrected chi connectivity index (χ1v) is 5.91. The number of hydrogen-bond acceptors (Lipinski definition) is 4. The number of aryl methyl sites for hydroxylation is 1. The van der Waals surface area contributed by atoms with E-state index in [4.69, 9.17) is 4.74 Å². The molecule has 1 aromatic rings. The zero-order valence-corrected chi connectivity index (χ0v) is 10.5. The number of nitrogens with zero attached hydrogens (tertiary/aromatic N) is 1. The normalized spacial score (nSPS) is 23.7. The number of carbonyl (C=O) groups excluding carboxylic acids is 1. The molecule has 0 aromatic carbocycles. The third kappa shape index (κ3) is 2.60. The molecule has 0 spiro atoms. The Morgan fingerprint density at radius 3 is 3.11 bits per heavy atom. The van der Waals surface area contributed by atoms with Crippen molar-refractivity contribution in [1.82, 2.24) is 9.88 Å². The second kappa shape index (κ2) is 5.32. The number of carbonyl (C=O) groups is 1. The molecule has 18 heavy (non-hydrogen) atoms. The maximum Gasteiger partial charge on any atom is 0.274 e. The molecule has 1 aliphatic rings. The fourth-order valence-corrected chi connectivity index (χ4v) is 1.93. The van der Waals surface area contributed by atoms with Gasteiger partial charge in [0.2, 0.25) is 5.91 Å². The van der Waals surface area contributed by atoms with Gasteiger partial charge in [0.15, 0.2) is 0 Å². The molecule has 2 N–H and O–H groups in total. The van der Waals surface area contributed by atoms with E-state index in [0.29, 0.717) is 13.2 Å². The van der Waals surface area contributed by atoms with Crippen molar-refractivity contribution in [3.8, 4) is 0 Å². The minimum atomic E-state index is -0.427. The summed E-state index contributed by atoms with van der Waals surface area (Å²) in [4.78, 5) is 23.8. The van der Waals surface area contributed by atoms with Crippen LogP contribution in [-0.2, 0) is 16.6 Å². The van der Waals surface area contributed by atoms with E-state index in [1.54, 1.807) is 25.4 Å². The van der Waals surface area contributed by atoms with Crippen molar-refractivity contribution in [2.75, 3.05) is 18.5 Å². The largest absolute Gasteiger partial charge is 0.375 e. The molecule has 1 saturated heterocycles. The van der Waals surface area contributed by atoms with Crippen LogP contribution >= 0.6 is 0 Å². The average Bonchev–Trinajstić information content (AvgIpc) is 2.35. The molecule has 6 nitrogen and oxygen atoms in total. The first-order chi connectivity index (χ1) is 8.59. The summed E-state index contributed by atoms with van der Waals surface area (Å²) < 4.78 is 6.82. The summed E-state index contributed by atoms with van der Waals surface area (Å²) in [6.45, 7) is 3.06. The number of rotatable bonds is 2. The maximum atomic E-state index is 12.0. The molecule has 1 aliphatic heterocycles. The predicted octanol–water partition coefficient (Wildman–Crippen LogP) is -0.299. The Kier molecular flexibility index (Phi) is 3.78. The summed E-state index contributed by atoms with van der Waals surface area (Å²) in [5.74, 6) is -0.245. The van der Waals surface area contributed by atoms with Crippen LogP contribution in [0.2, 0.25) is 0 Å². The minimum Gasteiger partial charge on any atom is -0.375 e. The molecule has 6 heteroatoms. The van der Waals surface area contributed by atoms with Crippen LogP contribution in [0.25, 0.3) is 0 Å². The van der Waals surface area contributed by atoms with Gasteiger partial charge in [0.1, 0.15) is 11.7 Å². The summed E-state index contributed by atoms with van der Waals surface area (Å²) in [6, 6.07) is 2.88. The highest BCUT2D eigenvalue weighted by Gasteiger charge is 2.28. The Balaban J connectivity index is 2.11. The number of amides is 1. The van der Waals surface area contributed by atoms with Gasteiger partial charge >= 0.3 is 0 Å². The van der Waals surface area contributed by atoms with Gasteiger partial charge in [-0.2, -0.15) is 0 Å². The molecule has 0 bridgehead atoms. The summed E-state index contributed by atoms with van der Waals surface area (Å²) in [5.41, 5.74) is 0.0554. The third-order valence-corrected chi connectivity index (χ3v) is 2.98. The average molecular weight is 251 g/mol. The molecule has 1 fully saturated rings. The van der Waals surface area contributed by atoms with Gasteiger partial charge in [-0.05, 0) is 19.1 Å². The second-order valence-electron chi connectivity index (χ2n) is 4.33. The predicted molar refractivity (Wildman–Crippen MR) is 67.5 cm³/mol. The molecule has 1 aromatic heterocycles. The number of ether oxygens (including phenoxy) is 1. The quantitative estimate of drug-likeness (QED) is 0.757. The molecule has 2 heterocycles. The summed E-state index contributed by atoms with van der Waals surface area (Å²) in [5, 5.41) is 5.71. The van der Waals surface area contributed by atoms with E-state index in [0.717, 1.165) is 0 Å². The molecule has 98 valence electrons. The van der Waals surface area contributed by atoms with Crippen molar-refractivity contribution in [1.29, 1.82) is 0 Å². The topological polar surface area (TPSA) is 72.4 Å². The van der Waals surface area contributed by atoms with Gasteiger partial charge in [-0.3, -0.25) is 9.59 Å². The van der Waals surface area contributed by atoms with Crippen LogP contribution in [0.3, 0.4) is 0 Å². The highest BCUT2D eigenvalue weighted by molar-refractivity contribution is 5.95. The zero-order chi connectivity index (χ0) is 13.1. The lowest BCUT2D eigenvalue weighted by Gasteiger charge is -2.29. The highest BCUT2D eigenvalue weighted by atomic mass is 16.5. The first kappa shape index (κ1) is 12.8. The lowest BCUT2D eigenvalue weighted by atomic mass is 10.1. The van der Waals surface area contributed by atoms with Gasteiger partial charge in [-0.1, -0.05) is 0 Å². The molecule has 0 unspecified atom stereocenters. The lowest BCUT2D eigenvalue weighted by Crippen LogP contribution is -2.53. The van der Waals surface area contributed by atoms with Crippen LogP contribution < -0.4 is 16.2 Å². The maximum absolute atomic E-state index is 12.0. The van der Waals surface area contributed by atoms with Crippen LogP contribution in [0.4, 0.5) is 5.69 Å². The van der Waals surface area contributed by atoms with Crippen molar-refractivity contribution < 1.29 is 9.53 Å². The number of nitrogens with one attached hydrogen (secondary N) is 2. The Morgan fingerprint density at radius 1 is 1.61 bits per heavy atom. The lowest BCUT2D eigenvalue weighted by molar-refractivity contribution is -0.123. The van der Waals surface area contributed by atoms with Crippen molar-refractivity contribution in [3.63, 3.8) is 0 Å². The zero-order valence-electron chi connectivity index (χ0n) is 10.5. The summed E-state index contributed by atoms with van der Waals surface area (Å²) in [7, 11) is 1.64. The van der Waals surface area contributed by atoms with Gasteiger partial charge in [0, 0.05) is 19.8 Å². The smallest absolute Gasteiger partial charge is 0.274 e. The van der Waals surface area contributed by atoms with E-state index in [2.05, 4.69) is 10.6 Å². The van der Waals surface area contributed by atoms with Crippen LogP contribution in [0.5, 0.6) is 0 Å². The molecule has 1 amide bonds. The molecular weight excluding hydrogens is 234 g/mol. The van der Waals surface area contributed by atoms with Crippen LogP contribution in [-0.4, -0.2) is 35.8 Å². The van der Waals surface area contributed by atoms with Crippen LogP contribution in [0, 0.1) is 0 Å². The van der Waals surface area contributed by atoms with Crippen molar-refractivity contribution in [3.05, 3.63) is 28.7 Å².